The van der Waals surface area contributed by atoms with Gasteiger partial charge in [0.15, 0.2) is 11.6 Å². The van der Waals surface area contributed by atoms with Crippen LogP contribution in [0.15, 0.2) is 12.1 Å². The maximum Gasteiger partial charge on any atom is 0.320 e. The van der Waals surface area contributed by atoms with Crippen LogP contribution in [0.1, 0.15) is 5.56 Å². The molecule has 1 unspecified atom stereocenters. The average molecular weight is 244 g/mol. The van der Waals surface area contributed by atoms with Crippen LogP contribution in [-0.4, -0.2) is 31.2 Å². The molecule has 0 aliphatic heterocycles. The summed E-state index contributed by atoms with van der Waals surface area (Å²) in [5.74, 6) is -3.15. The summed E-state index contributed by atoms with van der Waals surface area (Å²) in [4.78, 5) is 12.0. The molecule has 1 atom stereocenters. The van der Waals surface area contributed by atoms with E-state index in [1.807, 2.05) is 0 Å². The van der Waals surface area contributed by atoms with E-state index < -0.39 is 23.6 Å². The summed E-state index contributed by atoms with van der Waals surface area (Å²) in [6, 6.07) is 1.22. The lowest BCUT2D eigenvalue weighted by Crippen LogP contribution is -2.32. The number of carboxylic acids is 1. The quantitative estimate of drug-likeness (QED) is 0.828. The van der Waals surface area contributed by atoms with E-state index in [2.05, 4.69) is 0 Å². The molecule has 0 fully saturated rings. The predicted octanol–water partition coefficient (Wildman–Crippen LogP) is 0.985. The number of rotatable bonds is 4. The van der Waals surface area contributed by atoms with Crippen molar-refractivity contribution in [1.29, 1.82) is 0 Å². The van der Waals surface area contributed by atoms with Gasteiger partial charge < -0.3 is 15.7 Å². The van der Waals surface area contributed by atoms with Gasteiger partial charge in [0.05, 0.1) is 5.69 Å². The van der Waals surface area contributed by atoms with Gasteiger partial charge in [0.1, 0.15) is 6.04 Å². The molecule has 1 aromatic carbocycles. The highest BCUT2D eigenvalue weighted by Crippen LogP contribution is 2.22. The van der Waals surface area contributed by atoms with Crippen LogP contribution in [0.3, 0.4) is 0 Å². The second kappa shape index (κ2) is 5.09. The normalized spacial score (nSPS) is 12.3. The molecule has 0 heterocycles. The SMILES string of the molecule is CN(C)c1cc(CC(N)C(=O)O)cc(F)c1F. The van der Waals surface area contributed by atoms with Gasteiger partial charge in [-0.05, 0) is 24.1 Å². The Morgan fingerprint density at radius 3 is 2.53 bits per heavy atom. The third kappa shape index (κ3) is 3.13. The zero-order valence-corrected chi connectivity index (χ0v) is 9.58. The number of nitrogens with zero attached hydrogens (tertiary/aromatic N) is 1. The number of hydrogen-bond acceptors (Lipinski definition) is 3. The fourth-order valence-corrected chi connectivity index (χ4v) is 1.41. The van der Waals surface area contributed by atoms with Gasteiger partial charge in [0, 0.05) is 14.1 Å². The zero-order valence-electron chi connectivity index (χ0n) is 9.58. The van der Waals surface area contributed by atoms with Gasteiger partial charge in [-0.3, -0.25) is 4.79 Å². The molecule has 1 rings (SSSR count). The molecule has 0 amide bonds. The van der Waals surface area contributed by atoms with Gasteiger partial charge in [0.2, 0.25) is 0 Å². The van der Waals surface area contributed by atoms with Gasteiger partial charge in [0.25, 0.3) is 0 Å². The number of aliphatic carboxylic acids is 1. The molecule has 17 heavy (non-hydrogen) atoms. The van der Waals surface area contributed by atoms with E-state index in [1.54, 1.807) is 14.1 Å². The van der Waals surface area contributed by atoms with Crippen molar-refractivity contribution in [2.45, 2.75) is 12.5 Å². The van der Waals surface area contributed by atoms with Gasteiger partial charge in [-0.1, -0.05) is 0 Å². The van der Waals surface area contributed by atoms with E-state index in [4.69, 9.17) is 10.8 Å². The molecular weight excluding hydrogens is 230 g/mol. The summed E-state index contributed by atoms with van der Waals surface area (Å²) in [7, 11) is 3.14. The average Bonchev–Trinajstić information content (AvgIpc) is 2.22. The molecule has 0 aromatic heterocycles. The molecule has 0 saturated carbocycles. The maximum atomic E-state index is 13.4. The molecule has 0 saturated heterocycles. The Bertz CT molecular complexity index is 436. The Morgan fingerprint density at radius 2 is 2.06 bits per heavy atom. The van der Waals surface area contributed by atoms with E-state index >= 15 is 0 Å². The summed E-state index contributed by atoms with van der Waals surface area (Å²) in [6.45, 7) is 0. The van der Waals surface area contributed by atoms with Crippen molar-refractivity contribution in [3.8, 4) is 0 Å². The lowest BCUT2D eigenvalue weighted by molar-refractivity contribution is -0.138. The lowest BCUT2D eigenvalue weighted by atomic mass is 10.1. The van der Waals surface area contributed by atoms with E-state index in [0.717, 1.165) is 6.07 Å². The second-order valence-corrected chi connectivity index (χ2v) is 3.95. The van der Waals surface area contributed by atoms with Gasteiger partial charge in [-0.2, -0.15) is 0 Å². The standard InChI is InChI=1S/C11H14F2N2O2/c1-15(2)9-5-6(3-7(12)10(9)13)4-8(14)11(16)17/h3,5,8H,4,14H2,1-2H3,(H,16,17). The number of carbonyl (C=O) groups is 1. The highest BCUT2D eigenvalue weighted by molar-refractivity contribution is 5.73. The van der Waals surface area contributed by atoms with E-state index in [0.29, 0.717) is 5.56 Å². The molecule has 94 valence electrons. The summed E-state index contributed by atoms with van der Waals surface area (Å²) in [5, 5.41) is 8.64. The fourth-order valence-electron chi connectivity index (χ4n) is 1.41. The minimum atomic E-state index is -1.18. The molecular formula is C11H14F2N2O2. The Morgan fingerprint density at radius 1 is 1.47 bits per heavy atom. The van der Waals surface area contributed by atoms with Crippen molar-refractivity contribution in [1.82, 2.24) is 0 Å². The summed E-state index contributed by atoms with van der Waals surface area (Å²) < 4.78 is 26.6. The first kappa shape index (κ1) is 13.4. The number of anilines is 1. The van der Waals surface area contributed by atoms with Crippen molar-refractivity contribution in [3.05, 3.63) is 29.3 Å². The van der Waals surface area contributed by atoms with Crippen LogP contribution in [0.25, 0.3) is 0 Å². The number of halogens is 2. The highest BCUT2D eigenvalue weighted by atomic mass is 19.2. The van der Waals surface area contributed by atoms with Crippen LogP contribution in [0, 0.1) is 11.6 Å². The van der Waals surface area contributed by atoms with Crippen molar-refractivity contribution < 1.29 is 18.7 Å². The third-order valence-corrected chi connectivity index (χ3v) is 2.32. The highest BCUT2D eigenvalue weighted by Gasteiger charge is 2.17. The van der Waals surface area contributed by atoms with Crippen LogP contribution in [0.5, 0.6) is 0 Å². The molecule has 3 N–H and O–H groups in total. The first-order chi connectivity index (χ1) is 7.82. The molecule has 6 heteroatoms. The maximum absolute atomic E-state index is 13.4. The van der Waals surface area contributed by atoms with Gasteiger partial charge >= 0.3 is 5.97 Å². The number of hydrogen-bond donors (Lipinski definition) is 2. The van der Waals surface area contributed by atoms with Crippen LogP contribution < -0.4 is 10.6 Å². The van der Waals surface area contributed by atoms with E-state index in [9.17, 15) is 13.6 Å². The van der Waals surface area contributed by atoms with Crippen LogP contribution in [0.2, 0.25) is 0 Å². The molecule has 1 aromatic rings. The first-order valence-electron chi connectivity index (χ1n) is 4.96. The Balaban J connectivity index is 3.06. The molecule has 4 nitrogen and oxygen atoms in total. The topological polar surface area (TPSA) is 66.6 Å². The van der Waals surface area contributed by atoms with Crippen molar-refractivity contribution in [2.75, 3.05) is 19.0 Å². The van der Waals surface area contributed by atoms with Crippen LogP contribution >= 0.6 is 0 Å². The lowest BCUT2D eigenvalue weighted by Gasteiger charge is -2.16. The molecule has 0 bridgehead atoms. The van der Waals surface area contributed by atoms with Crippen molar-refractivity contribution in [2.24, 2.45) is 5.73 Å². The number of benzene rings is 1. The summed E-state index contributed by atoms with van der Waals surface area (Å²) in [6.07, 6.45) is -0.0482. The Labute approximate surface area is 97.6 Å². The summed E-state index contributed by atoms with van der Waals surface area (Å²) in [5.41, 5.74) is 5.75. The number of carboxylic acid groups (broad SMARTS) is 1. The molecule has 0 radical (unpaired) electrons. The van der Waals surface area contributed by atoms with Crippen molar-refractivity contribution in [3.63, 3.8) is 0 Å². The zero-order chi connectivity index (χ0) is 13.2. The van der Waals surface area contributed by atoms with Crippen LogP contribution in [-0.2, 0) is 11.2 Å². The van der Waals surface area contributed by atoms with E-state index in [-0.39, 0.29) is 12.1 Å². The van der Waals surface area contributed by atoms with Gasteiger partial charge in [-0.25, -0.2) is 8.78 Å². The van der Waals surface area contributed by atoms with Crippen molar-refractivity contribution >= 4 is 11.7 Å². The molecule has 0 spiro atoms. The summed E-state index contributed by atoms with van der Waals surface area (Å²) >= 11 is 0. The second-order valence-electron chi connectivity index (χ2n) is 3.95. The fraction of sp³-hybridized carbons (Fsp3) is 0.364. The monoisotopic (exact) mass is 244 g/mol. The predicted molar refractivity (Wildman–Crippen MR) is 60.0 cm³/mol. The Kier molecular flexibility index (Phi) is 4.01. The molecule has 0 aliphatic carbocycles. The van der Waals surface area contributed by atoms with Gasteiger partial charge in [-0.15, -0.1) is 0 Å². The largest absolute Gasteiger partial charge is 0.480 e. The minimum Gasteiger partial charge on any atom is -0.480 e. The van der Waals surface area contributed by atoms with Crippen LogP contribution in [0.4, 0.5) is 14.5 Å². The first-order valence-corrected chi connectivity index (χ1v) is 4.96. The third-order valence-electron chi connectivity index (χ3n) is 2.32. The smallest absolute Gasteiger partial charge is 0.320 e. The minimum absolute atomic E-state index is 0.0482. The Hall–Kier alpha value is -1.69. The molecule has 0 aliphatic rings. The van der Waals surface area contributed by atoms with E-state index in [1.165, 1.54) is 11.0 Å². The number of nitrogens with two attached hydrogens (primary N) is 1.